The molecule has 2 atom stereocenters. The van der Waals surface area contributed by atoms with Crippen molar-refractivity contribution in [2.75, 3.05) is 5.32 Å². The van der Waals surface area contributed by atoms with Crippen molar-refractivity contribution in [2.24, 2.45) is 0 Å². The van der Waals surface area contributed by atoms with Crippen LogP contribution in [0.5, 0.6) is 0 Å². The lowest BCUT2D eigenvalue weighted by atomic mass is 10.1. The lowest BCUT2D eigenvalue weighted by Gasteiger charge is -2.30. The lowest BCUT2D eigenvalue weighted by Crippen LogP contribution is -2.52. The number of amides is 2. The number of benzene rings is 1. The molecule has 3 heterocycles. The standard InChI is InChI=1S/C21H23N5O3/c1-12-9-19(27)24-21(22-12)26-18(11-17(25-26)15-7-5-4-6-8-15)23-20(28)16-10-13(2)29-14(16)3/h4-8,10-12,21-22H,9H2,1-3H3,(H,23,28)(H,24,27). The summed E-state index contributed by atoms with van der Waals surface area (Å²) in [7, 11) is 0. The molecule has 2 amide bonds. The molecular weight excluding hydrogens is 370 g/mol. The van der Waals surface area contributed by atoms with Crippen LogP contribution in [-0.4, -0.2) is 27.6 Å². The van der Waals surface area contributed by atoms with Crippen LogP contribution in [0.3, 0.4) is 0 Å². The van der Waals surface area contributed by atoms with Crippen LogP contribution in [0.15, 0.2) is 46.9 Å². The average molecular weight is 393 g/mol. The number of furan rings is 1. The summed E-state index contributed by atoms with van der Waals surface area (Å²) in [6, 6.07) is 13.1. The molecular formula is C21H23N5O3. The highest BCUT2D eigenvalue weighted by molar-refractivity contribution is 6.04. The van der Waals surface area contributed by atoms with E-state index in [1.807, 2.05) is 37.3 Å². The number of carbonyl (C=O) groups excluding carboxylic acids is 2. The van der Waals surface area contributed by atoms with Gasteiger partial charge in [-0.1, -0.05) is 30.3 Å². The predicted molar refractivity (Wildman–Crippen MR) is 108 cm³/mol. The molecule has 8 nitrogen and oxygen atoms in total. The second kappa shape index (κ2) is 7.56. The van der Waals surface area contributed by atoms with Crippen LogP contribution in [0.25, 0.3) is 11.3 Å². The van der Waals surface area contributed by atoms with Gasteiger partial charge in [0, 0.05) is 24.1 Å². The number of rotatable bonds is 4. The van der Waals surface area contributed by atoms with Crippen molar-refractivity contribution in [3.8, 4) is 11.3 Å². The zero-order valence-corrected chi connectivity index (χ0v) is 16.5. The number of hydrogen-bond donors (Lipinski definition) is 3. The van der Waals surface area contributed by atoms with E-state index in [0.717, 1.165) is 5.56 Å². The molecule has 1 aliphatic rings. The van der Waals surface area contributed by atoms with E-state index in [2.05, 4.69) is 21.0 Å². The molecule has 1 aromatic carbocycles. The Kier molecular flexibility index (Phi) is 4.94. The van der Waals surface area contributed by atoms with Gasteiger partial charge in [-0.2, -0.15) is 5.10 Å². The summed E-state index contributed by atoms with van der Waals surface area (Å²) < 4.78 is 7.06. The maximum absolute atomic E-state index is 12.8. The van der Waals surface area contributed by atoms with Gasteiger partial charge in [0.2, 0.25) is 5.91 Å². The number of aromatic nitrogens is 2. The van der Waals surface area contributed by atoms with E-state index in [1.165, 1.54) is 0 Å². The normalized spacial score (nSPS) is 19.1. The molecule has 2 unspecified atom stereocenters. The van der Waals surface area contributed by atoms with E-state index < -0.39 is 6.29 Å². The van der Waals surface area contributed by atoms with E-state index in [1.54, 1.807) is 30.7 Å². The monoisotopic (exact) mass is 393 g/mol. The highest BCUT2D eigenvalue weighted by Gasteiger charge is 2.27. The Morgan fingerprint density at radius 1 is 1.24 bits per heavy atom. The first-order valence-electron chi connectivity index (χ1n) is 9.49. The van der Waals surface area contributed by atoms with Gasteiger partial charge in [-0.25, -0.2) is 4.68 Å². The first kappa shape index (κ1) is 18.9. The summed E-state index contributed by atoms with van der Waals surface area (Å²) in [6.45, 7) is 5.48. The first-order chi connectivity index (χ1) is 13.9. The molecule has 0 aliphatic carbocycles. The summed E-state index contributed by atoms with van der Waals surface area (Å²) in [5.41, 5.74) is 2.06. The van der Waals surface area contributed by atoms with E-state index in [0.29, 0.717) is 35.0 Å². The maximum atomic E-state index is 12.8. The van der Waals surface area contributed by atoms with E-state index in [-0.39, 0.29) is 17.9 Å². The minimum absolute atomic E-state index is 0.0135. The van der Waals surface area contributed by atoms with Crippen molar-refractivity contribution in [2.45, 2.75) is 39.5 Å². The van der Waals surface area contributed by atoms with Crippen LogP contribution in [0.2, 0.25) is 0 Å². The van der Waals surface area contributed by atoms with Gasteiger partial charge in [-0.3, -0.25) is 14.9 Å². The lowest BCUT2D eigenvalue weighted by molar-refractivity contribution is -0.125. The summed E-state index contributed by atoms with van der Waals surface area (Å²) in [4.78, 5) is 24.9. The molecule has 29 heavy (non-hydrogen) atoms. The Balaban J connectivity index is 1.71. The van der Waals surface area contributed by atoms with Crippen LogP contribution in [0, 0.1) is 13.8 Å². The van der Waals surface area contributed by atoms with Gasteiger partial charge >= 0.3 is 0 Å². The van der Waals surface area contributed by atoms with Gasteiger partial charge in [0.1, 0.15) is 17.3 Å². The summed E-state index contributed by atoms with van der Waals surface area (Å²) in [5.74, 6) is 1.32. The third-order valence-electron chi connectivity index (χ3n) is 4.81. The Labute approximate surface area is 168 Å². The molecule has 1 saturated heterocycles. The number of carbonyl (C=O) groups is 2. The smallest absolute Gasteiger partial charge is 0.260 e. The van der Waals surface area contributed by atoms with Gasteiger partial charge in [0.05, 0.1) is 11.3 Å². The fraction of sp³-hybridized carbons (Fsp3) is 0.286. The second-order valence-corrected chi connectivity index (χ2v) is 7.25. The first-order valence-corrected chi connectivity index (χ1v) is 9.49. The third kappa shape index (κ3) is 3.93. The Hall–Kier alpha value is -3.39. The third-order valence-corrected chi connectivity index (χ3v) is 4.81. The number of nitrogens with zero attached hydrogens (tertiary/aromatic N) is 2. The molecule has 1 fully saturated rings. The zero-order chi connectivity index (χ0) is 20.5. The van der Waals surface area contributed by atoms with E-state index in [9.17, 15) is 9.59 Å². The van der Waals surface area contributed by atoms with Gasteiger partial charge in [-0.05, 0) is 26.8 Å². The van der Waals surface area contributed by atoms with Gasteiger partial charge < -0.3 is 15.1 Å². The summed E-state index contributed by atoms with van der Waals surface area (Å²) in [5, 5.41) is 13.7. The minimum atomic E-state index is -0.564. The van der Waals surface area contributed by atoms with Crippen LogP contribution in [0.1, 0.15) is 41.5 Å². The van der Waals surface area contributed by atoms with Gasteiger partial charge in [0.25, 0.3) is 5.91 Å². The SMILES string of the molecule is Cc1cc(C(=O)Nc2cc(-c3ccccc3)nn2C2NC(=O)CC(C)N2)c(C)o1. The number of anilines is 1. The fourth-order valence-corrected chi connectivity index (χ4v) is 3.47. The topological polar surface area (TPSA) is 101 Å². The van der Waals surface area contributed by atoms with E-state index in [4.69, 9.17) is 4.42 Å². The Bertz CT molecular complexity index is 1050. The maximum Gasteiger partial charge on any atom is 0.260 e. The zero-order valence-electron chi connectivity index (χ0n) is 16.5. The number of nitrogens with one attached hydrogen (secondary N) is 3. The van der Waals surface area contributed by atoms with Gasteiger partial charge in [-0.15, -0.1) is 0 Å². The fourth-order valence-electron chi connectivity index (χ4n) is 3.47. The van der Waals surface area contributed by atoms with Crippen molar-refractivity contribution >= 4 is 17.6 Å². The molecule has 2 aromatic heterocycles. The van der Waals surface area contributed by atoms with Crippen molar-refractivity contribution in [3.63, 3.8) is 0 Å². The van der Waals surface area contributed by atoms with Crippen molar-refractivity contribution in [1.82, 2.24) is 20.4 Å². The molecule has 8 heteroatoms. The molecule has 0 saturated carbocycles. The van der Waals surface area contributed by atoms with Crippen molar-refractivity contribution in [1.29, 1.82) is 0 Å². The molecule has 3 N–H and O–H groups in total. The van der Waals surface area contributed by atoms with Crippen molar-refractivity contribution < 1.29 is 14.0 Å². The largest absolute Gasteiger partial charge is 0.466 e. The highest BCUT2D eigenvalue weighted by Crippen LogP contribution is 2.25. The highest BCUT2D eigenvalue weighted by atomic mass is 16.3. The molecule has 0 bridgehead atoms. The Morgan fingerprint density at radius 2 is 2.00 bits per heavy atom. The van der Waals surface area contributed by atoms with Crippen LogP contribution in [-0.2, 0) is 4.79 Å². The summed E-state index contributed by atoms with van der Waals surface area (Å²) >= 11 is 0. The van der Waals surface area contributed by atoms with E-state index >= 15 is 0 Å². The minimum Gasteiger partial charge on any atom is -0.466 e. The van der Waals surface area contributed by atoms with Gasteiger partial charge in [0.15, 0.2) is 6.29 Å². The summed E-state index contributed by atoms with van der Waals surface area (Å²) in [6.07, 6.45) is -0.176. The Morgan fingerprint density at radius 3 is 2.66 bits per heavy atom. The van der Waals surface area contributed by atoms with Crippen LogP contribution < -0.4 is 16.0 Å². The molecule has 4 rings (SSSR count). The molecule has 0 spiro atoms. The molecule has 150 valence electrons. The van der Waals surface area contributed by atoms with Crippen LogP contribution in [0.4, 0.5) is 5.82 Å². The molecule has 1 aliphatic heterocycles. The second-order valence-electron chi connectivity index (χ2n) is 7.25. The van der Waals surface area contributed by atoms with Crippen LogP contribution >= 0.6 is 0 Å². The average Bonchev–Trinajstić information content (AvgIpc) is 3.24. The number of hydrogen-bond acceptors (Lipinski definition) is 5. The molecule has 0 radical (unpaired) electrons. The number of aryl methyl sites for hydroxylation is 2. The predicted octanol–water partition coefficient (Wildman–Crippen LogP) is 2.97. The quantitative estimate of drug-likeness (QED) is 0.633. The van der Waals surface area contributed by atoms with Crippen molar-refractivity contribution in [3.05, 3.63) is 59.5 Å². The molecule has 3 aromatic rings.